The number of H-pyrrole nitrogens is 2. The molecule has 0 aliphatic carbocycles. The Morgan fingerprint density at radius 2 is 1.62 bits per heavy atom. The van der Waals surface area contributed by atoms with Crippen molar-refractivity contribution in [3.05, 3.63) is 54.2 Å². The minimum atomic E-state index is -1.22. The van der Waals surface area contributed by atoms with Crippen LogP contribution in [0.15, 0.2) is 43.0 Å². The number of amides is 3. The summed E-state index contributed by atoms with van der Waals surface area (Å²) in [7, 11) is 0. The molecule has 3 aromatic rings. The van der Waals surface area contributed by atoms with Crippen LogP contribution in [0.1, 0.15) is 50.8 Å². The first-order valence-electron chi connectivity index (χ1n) is 14.2. The van der Waals surface area contributed by atoms with Gasteiger partial charge in [-0.3, -0.25) is 14.4 Å². The Balaban J connectivity index is 1.71. The molecule has 2 heterocycles. The Bertz CT molecular complexity index is 1320. The number of carboxylic acids is 1. The van der Waals surface area contributed by atoms with Crippen molar-refractivity contribution in [2.24, 2.45) is 17.4 Å². The van der Waals surface area contributed by atoms with Gasteiger partial charge in [0.05, 0.1) is 12.4 Å². The molecule has 3 amide bonds. The molecular formula is C29H42N8O5. The van der Waals surface area contributed by atoms with Crippen LogP contribution in [0.2, 0.25) is 0 Å². The summed E-state index contributed by atoms with van der Waals surface area (Å²) in [6, 6.07) is 3.37. The fourth-order valence-corrected chi connectivity index (χ4v) is 4.73. The van der Waals surface area contributed by atoms with Crippen molar-refractivity contribution < 1.29 is 24.3 Å². The van der Waals surface area contributed by atoms with Crippen LogP contribution in [-0.2, 0) is 32.0 Å². The second-order valence-electron chi connectivity index (χ2n) is 10.9. The highest BCUT2D eigenvalue weighted by atomic mass is 16.4. The summed E-state index contributed by atoms with van der Waals surface area (Å²) in [6.45, 7) is 4.21. The molecule has 228 valence electrons. The predicted octanol–water partition coefficient (Wildman–Crippen LogP) is 0.718. The third-order valence-electron chi connectivity index (χ3n) is 6.96. The van der Waals surface area contributed by atoms with Gasteiger partial charge in [0, 0.05) is 41.8 Å². The van der Waals surface area contributed by atoms with Gasteiger partial charge in [0.15, 0.2) is 0 Å². The number of rotatable bonds is 17. The van der Waals surface area contributed by atoms with Gasteiger partial charge in [-0.25, -0.2) is 9.78 Å². The SMILES string of the molecule is CC(C)CC(NC(=O)C(CCCCN)NC(=O)C(N)Cc1cnc[nH]1)C(=O)NC(Cc1c[nH]c2ccccc12)C(=O)O. The molecule has 4 unspecified atom stereocenters. The minimum Gasteiger partial charge on any atom is -0.480 e. The first-order valence-corrected chi connectivity index (χ1v) is 14.2. The van der Waals surface area contributed by atoms with Gasteiger partial charge in [0.25, 0.3) is 0 Å². The van der Waals surface area contributed by atoms with Gasteiger partial charge in [0.2, 0.25) is 17.7 Å². The second-order valence-corrected chi connectivity index (χ2v) is 10.9. The lowest BCUT2D eigenvalue weighted by Crippen LogP contribution is -2.57. The molecule has 10 N–H and O–H groups in total. The highest BCUT2D eigenvalue weighted by Crippen LogP contribution is 2.19. The molecule has 2 aromatic heterocycles. The molecule has 0 radical (unpaired) electrons. The van der Waals surface area contributed by atoms with Gasteiger partial charge in [-0.2, -0.15) is 0 Å². The van der Waals surface area contributed by atoms with Crippen LogP contribution in [0.5, 0.6) is 0 Å². The molecule has 0 aliphatic rings. The Labute approximate surface area is 244 Å². The third kappa shape index (κ3) is 9.42. The van der Waals surface area contributed by atoms with Crippen molar-refractivity contribution >= 4 is 34.6 Å². The zero-order valence-electron chi connectivity index (χ0n) is 24.1. The molecule has 0 saturated heterocycles. The first-order chi connectivity index (χ1) is 20.1. The van der Waals surface area contributed by atoms with E-state index in [4.69, 9.17) is 11.5 Å². The Kier molecular flexibility index (Phi) is 12.1. The minimum absolute atomic E-state index is 0.00561. The number of para-hydroxylation sites is 1. The van der Waals surface area contributed by atoms with Crippen molar-refractivity contribution in [1.29, 1.82) is 0 Å². The molecule has 13 nitrogen and oxygen atoms in total. The van der Waals surface area contributed by atoms with Gasteiger partial charge in [0.1, 0.15) is 18.1 Å². The number of carbonyl (C=O) groups is 4. The number of unbranched alkanes of at least 4 members (excludes halogenated alkanes) is 1. The van der Waals surface area contributed by atoms with Crippen LogP contribution in [0.25, 0.3) is 10.9 Å². The smallest absolute Gasteiger partial charge is 0.326 e. The first kappa shape index (κ1) is 32.3. The number of fused-ring (bicyclic) bond motifs is 1. The van der Waals surface area contributed by atoms with Gasteiger partial charge in [-0.05, 0) is 49.8 Å². The van der Waals surface area contributed by atoms with Crippen LogP contribution < -0.4 is 27.4 Å². The molecule has 0 fully saturated rings. The zero-order chi connectivity index (χ0) is 30.6. The molecule has 0 saturated carbocycles. The summed E-state index contributed by atoms with van der Waals surface area (Å²) in [5.74, 6) is -2.88. The average molecular weight is 583 g/mol. The van der Waals surface area contributed by atoms with Gasteiger partial charge in [-0.1, -0.05) is 32.0 Å². The summed E-state index contributed by atoms with van der Waals surface area (Å²) in [4.78, 5) is 61.7. The number of hydrogen-bond donors (Lipinski definition) is 8. The number of carboxylic acid groups (broad SMARTS) is 1. The summed E-state index contributed by atoms with van der Waals surface area (Å²) in [6.07, 6.45) is 6.80. The molecule has 13 heteroatoms. The molecule has 4 atom stereocenters. The Morgan fingerprint density at radius 1 is 0.929 bits per heavy atom. The molecule has 0 aliphatic heterocycles. The van der Waals surface area contributed by atoms with Crippen LogP contribution in [-0.4, -0.2) is 74.5 Å². The number of aromatic amines is 2. The van der Waals surface area contributed by atoms with Crippen LogP contribution in [0.4, 0.5) is 0 Å². The number of imidazole rings is 1. The number of carbonyl (C=O) groups excluding carboxylic acids is 3. The molecule has 3 rings (SSSR count). The largest absolute Gasteiger partial charge is 0.480 e. The van der Waals surface area contributed by atoms with E-state index in [1.165, 1.54) is 6.33 Å². The van der Waals surface area contributed by atoms with Crippen LogP contribution >= 0.6 is 0 Å². The number of nitrogens with zero attached hydrogens (tertiary/aromatic N) is 1. The van der Waals surface area contributed by atoms with Crippen molar-refractivity contribution in [2.75, 3.05) is 6.54 Å². The van der Waals surface area contributed by atoms with Crippen molar-refractivity contribution in [3.63, 3.8) is 0 Å². The van der Waals surface area contributed by atoms with E-state index < -0.39 is 47.9 Å². The van der Waals surface area contributed by atoms with Gasteiger partial charge >= 0.3 is 5.97 Å². The molecule has 1 aromatic carbocycles. The fourth-order valence-electron chi connectivity index (χ4n) is 4.73. The standard InChI is InChI=1S/C29H42N8O5/c1-17(2)11-24(28(40)37-25(29(41)42)12-18-14-33-22-8-4-3-7-20(18)22)36-27(39)23(9-5-6-10-30)35-26(38)21(31)13-19-15-32-16-34-19/h3-4,7-8,14-17,21,23-25,33H,5-6,9-13,30-31H2,1-2H3,(H,32,34)(H,35,38)(H,36,39)(H,37,40)(H,41,42). The van der Waals surface area contributed by atoms with E-state index >= 15 is 0 Å². The lowest BCUT2D eigenvalue weighted by Gasteiger charge is -2.26. The van der Waals surface area contributed by atoms with E-state index in [2.05, 4.69) is 30.9 Å². The normalized spacial score (nSPS) is 14.2. The Morgan fingerprint density at radius 3 is 2.29 bits per heavy atom. The number of nitrogens with two attached hydrogens (primary N) is 2. The van der Waals surface area contributed by atoms with E-state index in [0.717, 1.165) is 16.5 Å². The van der Waals surface area contributed by atoms with Crippen LogP contribution in [0, 0.1) is 5.92 Å². The topological polar surface area (TPSA) is 221 Å². The maximum absolute atomic E-state index is 13.4. The van der Waals surface area contributed by atoms with E-state index in [1.54, 1.807) is 12.4 Å². The maximum atomic E-state index is 13.4. The quantitative estimate of drug-likeness (QED) is 0.106. The van der Waals surface area contributed by atoms with E-state index in [9.17, 15) is 24.3 Å². The highest BCUT2D eigenvalue weighted by molar-refractivity contribution is 5.94. The molecule has 42 heavy (non-hydrogen) atoms. The van der Waals surface area contributed by atoms with E-state index in [1.807, 2.05) is 38.1 Å². The van der Waals surface area contributed by atoms with Crippen molar-refractivity contribution in [3.8, 4) is 0 Å². The summed E-state index contributed by atoms with van der Waals surface area (Å²) < 4.78 is 0. The highest BCUT2D eigenvalue weighted by Gasteiger charge is 2.31. The number of benzene rings is 1. The van der Waals surface area contributed by atoms with Gasteiger partial charge < -0.3 is 42.5 Å². The van der Waals surface area contributed by atoms with E-state index in [0.29, 0.717) is 31.5 Å². The Hall–Kier alpha value is -4.23. The number of hydrogen-bond acceptors (Lipinski definition) is 7. The van der Waals surface area contributed by atoms with Gasteiger partial charge in [-0.15, -0.1) is 0 Å². The summed E-state index contributed by atoms with van der Waals surface area (Å²) >= 11 is 0. The number of aromatic nitrogens is 3. The number of aliphatic carboxylic acids is 1. The lowest BCUT2D eigenvalue weighted by molar-refractivity contribution is -0.142. The average Bonchev–Trinajstić information content (AvgIpc) is 3.61. The van der Waals surface area contributed by atoms with Crippen molar-refractivity contribution in [1.82, 2.24) is 30.9 Å². The van der Waals surface area contributed by atoms with Crippen molar-refractivity contribution in [2.45, 2.75) is 76.5 Å². The monoisotopic (exact) mass is 582 g/mol. The summed E-state index contributed by atoms with van der Waals surface area (Å²) in [5.41, 5.74) is 14.0. The fraction of sp³-hybridized carbons (Fsp3) is 0.483. The zero-order valence-corrected chi connectivity index (χ0v) is 24.1. The van der Waals surface area contributed by atoms with E-state index in [-0.39, 0.29) is 25.2 Å². The molecule has 0 bridgehead atoms. The maximum Gasteiger partial charge on any atom is 0.326 e. The third-order valence-corrected chi connectivity index (χ3v) is 6.96. The molecule has 0 spiro atoms. The second kappa shape index (κ2) is 15.7. The van der Waals surface area contributed by atoms with Crippen LogP contribution in [0.3, 0.4) is 0 Å². The molecular weight excluding hydrogens is 540 g/mol. The number of nitrogens with one attached hydrogen (secondary N) is 5. The summed E-state index contributed by atoms with van der Waals surface area (Å²) in [5, 5.41) is 18.8. The lowest BCUT2D eigenvalue weighted by atomic mass is 10.00. The predicted molar refractivity (Wildman–Crippen MR) is 158 cm³/mol.